The molecule has 0 spiro atoms. The Morgan fingerprint density at radius 1 is 1.04 bits per heavy atom. The molecular weight excluding hydrogens is 366 g/mol. The largest absolute Gasteiger partial charge is 0.490 e. The van der Waals surface area contributed by atoms with Crippen LogP contribution in [0.3, 0.4) is 0 Å². The van der Waals surface area contributed by atoms with E-state index in [1.807, 2.05) is 39.0 Å². The van der Waals surface area contributed by atoms with Gasteiger partial charge in [-0.05, 0) is 63.6 Å². The summed E-state index contributed by atoms with van der Waals surface area (Å²) in [4.78, 5) is 12.5. The lowest BCUT2D eigenvalue weighted by Gasteiger charge is -2.20. The average Bonchev–Trinajstić information content (AvgIpc) is 2.63. The topological polar surface area (TPSA) is 56.8 Å². The molecule has 0 radical (unpaired) electrons. The zero-order valence-electron chi connectivity index (χ0n) is 16.1. The number of hydrogen-bond acceptors (Lipinski definition) is 4. The van der Waals surface area contributed by atoms with Crippen molar-refractivity contribution in [3.63, 3.8) is 0 Å². The van der Waals surface area contributed by atoms with Gasteiger partial charge in [0.25, 0.3) is 5.91 Å². The van der Waals surface area contributed by atoms with Crippen molar-refractivity contribution >= 4 is 17.5 Å². The average molecular weight is 392 g/mol. The molecule has 27 heavy (non-hydrogen) atoms. The Balaban J connectivity index is 2.03. The molecular formula is C21H26ClNO4. The highest BCUT2D eigenvalue weighted by molar-refractivity contribution is 6.30. The lowest BCUT2D eigenvalue weighted by molar-refractivity contribution is -0.127. The minimum atomic E-state index is -0.653. The summed E-state index contributed by atoms with van der Waals surface area (Å²) in [6.45, 7) is 8.55. The van der Waals surface area contributed by atoms with Gasteiger partial charge in [-0.2, -0.15) is 0 Å². The fourth-order valence-electron chi connectivity index (χ4n) is 2.55. The number of rotatable bonds is 9. The molecule has 2 atom stereocenters. The van der Waals surface area contributed by atoms with Crippen molar-refractivity contribution in [2.75, 3.05) is 13.2 Å². The number of amides is 1. The third-order valence-corrected chi connectivity index (χ3v) is 4.14. The van der Waals surface area contributed by atoms with Crippen LogP contribution in [0.2, 0.25) is 5.02 Å². The number of halogens is 1. The third kappa shape index (κ3) is 6.07. The lowest BCUT2D eigenvalue weighted by atomic mass is 10.1. The van der Waals surface area contributed by atoms with E-state index in [9.17, 15) is 4.79 Å². The van der Waals surface area contributed by atoms with Crippen molar-refractivity contribution in [1.82, 2.24) is 5.32 Å². The first-order valence-electron chi connectivity index (χ1n) is 9.06. The molecule has 0 aliphatic heterocycles. The van der Waals surface area contributed by atoms with Crippen LogP contribution < -0.4 is 19.5 Å². The highest BCUT2D eigenvalue weighted by atomic mass is 35.5. The van der Waals surface area contributed by atoms with E-state index in [4.69, 9.17) is 25.8 Å². The molecule has 6 heteroatoms. The van der Waals surface area contributed by atoms with Crippen molar-refractivity contribution in [3.05, 3.63) is 53.1 Å². The van der Waals surface area contributed by atoms with Crippen LogP contribution >= 0.6 is 11.6 Å². The molecule has 1 amide bonds. The summed E-state index contributed by atoms with van der Waals surface area (Å²) >= 11 is 5.95. The molecule has 2 rings (SSSR count). The maximum atomic E-state index is 12.5. The molecule has 2 aromatic rings. The van der Waals surface area contributed by atoms with E-state index in [0.717, 1.165) is 5.56 Å². The molecule has 0 aliphatic carbocycles. The summed E-state index contributed by atoms with van der Waals surface area (Å²) in [6.07, 6.45) is -0.653. The number of benzene rings is 2. The van der Waals surface area contributed by atoms with Gasteiger partial charge in [-0.1, -0.05) is 23.7 Å². The summed E-state index contributed by atoms with van der Waals surface area (Å²) in [5, 5.41) is 3.52. The molecule has 0 unspecified atom stereocenters. The van der Waals surface area contributed by atoms with E-state index < -0.39 is 6.10 Å². The van der Waals surface area contributed by atoms with Crippen molar-refractivity contribution in [3.8, 4) is 17.2 Å². The predicted molar refractivity (Wildman–Crippen MR) is 107 cm³/mol. The van der Waals surface area contributed by atoms with Gasteiger partial charge in [-0.15, -0.1) is 0 Å². The van der Waals surface area contributed by atoms with Crippen LogP contribution in [0.4, 0.5) is 0 Å². The third-order valence-electron chi connectivity index (χ3n) is 3.90. The normalized spacial score (nSPS) is 12.8. The minimum Gasteiger partial charge on any atom is -0.490 e. The van der Waals surface area contributed by atoms with E-state index >= 15 is 0 Å². The Morgan fingerprint density at radius 2 is 1.74 bits per heavy atom. The molecule has 1 N–H and O–H groups in total. The molecule has 0 fully saturated rings. The van der Waals surface area contributed by atoms with Gasteiger partial charge in [0.2, 0.25) is 0 Å². The van der Waals surface area contributed by atoms with Crippen molar-refractivity contribution in [2.24, 2.45) is 0 Å². The van der Waals surface area contributed by atoms with Crippen LogP contribution in [0.15, 0.2) is 42.5 Å². The first-order valence-corrected chi connectivity index (χ1v) is 9.44. The number of ether oxygens (including phenoxy) is 3. The van der Waals surface area contributed by atoms with Gasteiger partial charge in [0.05, 0.1) is 19.3 Å². The minimum absolute atomic E-state index is 0.210. The monoisotopic (exact) mass is 391 g/mol. The number of hydrogen-bond donors (Lipinski definition) is 1. The maximum Gasteiger partial charge on any atom is 0.261 e. The highest BCUT2D eigenvalue weighted by Gasteiger charge is 2.19. The Kier molecular flexibility index (Phi) is 7.80. The number of carbonyl (C=O) groups is 1. The molecule has 0 saturated heterocycles. The van der Waals surface area contributed by atoms with E-state index in [-0.39, 0.29) is 11.9 Å². The van der Waals surface area contributed by atoms with Gasteiger partial charge >= 0.3 is 0 Å². The van der Waals surface area contributed by atoms with E-state index in [0.29, 0.717) is 35.5 Å². The van der Waals surface area contributed by atoms with Crippen LogP contribution in [0.5, 0.6) is 17.2 Å². The zero-order chi connectivity index (χ0) is 19.8. The Hall–Kier alpha value is -2.40. The summed E-state index contributed by atoms with van der Waals surface area (Å²) in [5.41, 5.74) is 0.921. The summed E-state index contributed by atoms with van der Waals surface area (Å²) in [7, 11) is 0. The van der Waals surface area contributed by atoms with Crippen LogP contribution in [0, 0.1) is 0 Å². The molecule has 0 bridgehead atoms. The zero-order valence-corrected chi connectivity index (χ0v) is 16.9. The predicted octanol–water partition coefficient (Wildman–Crippen LogP) is 4.78. The van der Waals surface area contributed by atoms with Crippen LogP contribution in [0.25, 0.3) is 0 Å². The molecule has 0 heterocycles. The summed E-state index contributed by atoms with van der Waals surface area (Å²) < 4.78 is 16.9. The lowest BCUT2D eigenvalue weighted by Crippen LogP contribution is -2.37. The molecule has 0 aliphatic rings. The first-order chi connectivity index (χ1) is 12.9. The van der Waals surface area contributed by atoms with Crippen LogP contribution in [0.1, 0.15) is 39.3 Å². The summed E-state index contributed by atoms with van der Waals surface area (Å²) in [6, 6.07) is 12.4. The molecule has 0 aromatic heterocycles. The molecule has 2 aromatic carbocycles. The van der Waals surface area contributed by atoms with Gasteiger partial charge in [0, 0.05) is 5.02 Å². The van der Waals surface area contributed by atoms with Gasteiger partial charge in [0.15, 0.2) is 17.6 Å². The van der Waals surface area contributed by atoms with Gasteiger partial charge < -0.3 is 19.5 Å². The Morgan fingerprint density at radius 3 is 2.41 bits per heavy atom. The van der Waals surface area contributed by atoms with Crippen LogP contribution in [-0.2, 0) is 4.79 Å². The van der Waals surface area contributed by atoms with Crippen molar-refractivity contribution in [1.29, 1.82) is 0 Å². The number of nitrogens with one attached hydrogen (secondary N) is 1. The molecule has 0 saturated carbocycles. The Labute approximate surface area is 165 Å². The maximum absolute atomic E-state index is 12.5. The second-order valence-electron chi connectivity index (χ2n) is 6.02. The van der Waals surface area contributed by atoms with Crippen molar-refractivity contribution < 1.29 is 19.0 Å². The van der Waals surface area contributed by atoms with Gasteiger partial charge in [0.1, 0.15) is 5.75 Å². The quantitative estimate of drug-likeness (QED) is 0.668. The highest BCUT2D eigenvalue weighted by Crippen LogP contribution is 2.30. The fraction of sp³-hybridized carbons (Fsp3) is 0.381. The van der Waals surface area contributed by atoms with Crippen LogP contribution in [-0.4, -0.2) is 25.2 Å². The second kappa shape index (κ2) is 10.1. The number of carbonyl (C=O) groups excluding carboxylic acids is 1. The molecule has 146 valence electrons. The fourth-order valence-corrected chi connectivity index (χ4v) is 2.73. The first kappa shape index (κ1) is 20.9. The second-order valence-corrected chi connectivity index (χ2v) is 6.46. The smallest absolute Gasteiger partial charge is 0.261 e. The van der Waals surface area contributed by atoms with Gasteiger partial charge in [-0.3, -0.25) is 4.79 Å². The standard InChI is InChI=1S/C21H26ClNO4/c1-5-25-19-11-10-16(12-20(19)26-6-2)14(3)23-21(24)15(4)27-18-9-7-8-17(22)13-18/h7-15H,5-6H2,1-4H3,(H,23,24)/t14-,15+/m0/s1. The van der Waals surface area contributed by atoms with E-state index in [2.05, 4.69) is 5.32 Å². The summed E-state index contributed by atoms with van der Waals surface area (Å²) in [5.74, 6) is 1.70. The SMILES string of the molecule is CCOc1ccc([C@H](C)NC(=O)[C@@H](C)Oc2cccc(Cl)c2)cc1OCC. The molecule has 5 nitrogen and oxygen atoms in total. The van der Waals surface area contributed by atoms with E-state index in [1.54, 1.807) is 31.2 Å². The van der Waals surface area contributed by atoms with Gasteiger partial charge in [-0.25, -0.2) is 0 Å². The Bertz CT molecular complexity index is 766. The van der Waals surface area contributed by atoms with E-state index in [1.165, 1.54) is 0 Å². The van der Waals surface area contributed by atoms with Crippen molar-refractivity contribution in [2.45, 2.75) is 39.8 Å².